The number of halogens is 1. The van der Waals surface area contributed by atoms with E-state index >= 15 is 0 Å². The van der Waals surface area contributed by atoms with Crippen LogP contribution in [-0.2, 0) is 6.54 Å². The van der Waals surface area contributed by atoms with Crippen LogP contribution in [0, 0.1) is 0 Å². The van der Waals surface area contributed by atoms with Crippen LogP contribution in [0.1, 0.15) is 42.3 Å². The van der Waals surface area contributed by atoms with Gasteiger partial charge >= 0.3 is 0 Å². The average molecular weight is 407 g/mol. The van der Waals surface area contributed by atoms with Crippen molar-refractivity contribution >= 4 is 33.1 Å². The van der Waals surface area contributed by atoms with Gasteiger partial charge in [0.2, 0.25) is 0 Å². The van der Waals surface area contributed by atoms with Gasteiger partial charge in [0.05, 0.1) is 0 Å². The first-order valence-corrected chi connectivity index (χ1v) is 10.4. The predicted octanol–water partition coefficient (Wildman–Crippen LogP) is 4.28. The van der Waals surface area contributed by atoms with Gasteiger partial charge in [0.15, 0.2) is 0 Å². The van der Waals surface area contributed by atoms with Crippen LogP contribution in [0.3, 0.4) is 0 Å². The Morgan fingerprint density at radius 2 is 2.25 bits per heavy atom. The summed E-state index contributed by atoms with van der Waals surface area (Å²) in [6.45, 7) is 3.35. The van der Waals surface area contributed by atoms with Crippen LogP contribution in [0.15, 0.2) is 28.2 Å². The molecule has 0 aromatic carbocycles. The van der Waals surface area contributed by atoms with E-state index in [1.807, 2.05) is 17.5 Å². The Kier molecular flexibility index (Phi) is 4.88. The Balaban J connectivity index is 1.42. The van der Waals surface area contributed by atoms with Gasteiger partial charge in [-0.2, -0.15) is 0 Å². The van der Waals surface area contributed by atoms with E-state index in [9.17, 15) is 0 Å². The van der Waals surface area contributed by atoms with Gasteiger partial charge in [-0.25, -0.2) is 9.97 Å². The summed E-state index contributed by atoms with van der Waals surface area (Å²) in [4.78, 5) is 15.6. The first-order chi connectivity index (χ1) is 11.7. The second-order valence-electron chi connectivity index (χ2n) is 6.92. The SMILES string of the molecule is CN(c1ccnc(C2CC2)n1)C1CCCN(Cc2cc(Br)cs2)C1. The summed E-state index contributed by atoms with van der Waals surface area (Å²) in [5, 5.41) is 2.17. The molecule has 2 aliphatic rings. The molecule has 128 valence electrons. The van der Waals surface area contributed by atoms with E-state index in [0.29, 0.717) is 12.0 Å². The van der Waals surface area contributed by atoms with Crippen molar-refractivity contribution in [3.8, 4) is 0 Å². The molecule has 0 radical (unpaired) electrons. The van der Waals surface area contributed by atoms with E-state index in [1.54, 1.807) is 0 Å². The molecule has 2 aromatic rings. The summed E-state index contributed by atoms with van der Waals surface area (Å²) in [5.41, 5.74) is 0. The summed E-state index contributed by atoms with van der Waals surface area (Å²) in [6.07, 6.45) is 6.92. The van der Waals surface area contributed by atoms with Crippen molar-refractivity contribution in [3.05, 3.63) is 38.9 Å². The Labute approximate surface area is 156 Å². The van der Waals surface area contributed by atoms with Crippen LogP contribution >= 0.6 is 27.3 Å². The molecule has 0 N–H and O–H groups in total. The maximum atomic E-state index is 4.81. The van der Waals surface area contributed by atoms with Gasteiger partial charge in [0.25, 0.3) is 0 Å². The number of hydrogen-bond acceptors (Lipinski definition) is 5. The third kappa shape index (κ3) is 3.81. The molecule has 6 heteroatoms. The summed E-state index contributed by atoms with van der Waals surface area (Å²) in [7, 11) is 2.19. The summed E-state index contributed by atoms with van der Waals surface area (Å²) < 4.78 is 1.20. The highest BCUT2D eigenvalue weighted by atomic mass is 79.9. The van der Waals surface area contributed by atoms with Crippen molar-refractivity contribution in [1.82, 2.24) is 14.9 Å². The first kappa shape index (κ1) is 16.5. The van der Waals surface area contributed by atoms with E-state index in [1.165, 1.54) is 41.6 Å². The number of anilines is 1. The molecule has 0 bridgehead atoms. The van der Waals surface area contributed by atoms with Crippen molar-refractivity contribution in [2.75, 3.05) is 25.0 Å². The molecule has 0 amide bonds. The van der Waals surface area contributed by atoms with Crippen LogP contribution in [0.5, 0.6) is 0 Å². The summed E-state index contributed by atoms with van der Waals surface area (Å²) >= 11 is 5.39. The lowest BCUT2D eigenvalue weighted by Crippen LogP contribution is -2.46. The van der Waals surface area contributed by atoms with Crippen LogP contribution in [0.4, 0.5) is 5.82 Å². The zero-order chi connectivity index (χ0) is 16.5. The van der Waals surface area contributed by atoms with Crippen molar-refractivity contribution in [3.63, 3.8) is 0 Å². The number of thiophene rings is 1. The molecular formula is C18H23BrN4S. The van der Waals surface area contributed by atoms with E-state index in [0.717, 1.165) is 24.7 Å². The standard InChI is InChI=1S/C18H23BrN4S/c1-22(17-6-7-20-18(21-17)13-4-5-13)15-3-2-8-23(10-15)11-16-9-14(19)12-24-16/h6-7,9,12-13,15H,2-5,8,10-11H2,1H3. The number of piperidine rings is 1. The molecule has 2 aromatic heterocycles. The maximum absolute atomic E-state index is 4.81. The van der Waals surface area contributed by atoms with E-state index in [-0.39, 0.29) is 0 Å². The zero-order valence-electron chi connectivity index (χ0n) is 14.0. The number of likely N-dealkylation sites (N-methyl/N-ethyl adjacent to an activating group) is 1. The zero-order valence-corrected chi connectivity index (χ0v) is 16.4. The fourth-order valence-corrected chi connectivity index (χ4v) is 4.93. The third-order valence-corrected chi connectivity index (χ3v) is 6.68. The Morgan fingerprint density at radius 3 is 3.00 bits per heavy atom. The minimum atomic E-state index is 0.532. The van der Waals surface area contributed by atoms with Crippen molar-refractivity contribution in [2.24, 2.45) is 0 Å². The monoisotopic (exact) mass is 406 g/mol. The molecule has 24 heavy (non-hydrogen) atoms. The van der Waals surface area contributed by atoms with Crippen LogP contribution in [0.2, 0.25) is 0 Å². The molecule has 1 saturated carbocycles. The minimum Gasteiger partial charge on any atom is -0.355 e. The lowest BCUT2D eigenvalue weighted by atomic mass is 10.0. The molecule has 4 rings (SSSR count). The molecule has 4 nitrogen and oxygen atoms in total. The minimum absolute atomic E-state index is 0.532. The smallest absolute Gasteiger partial charge is 0.133 e. The van der Waals surface area contributed by atoms with Gasteiger partial charge in [-0.1, -0.05) is 0 Å². The first-order valence-electron chi connectivity index (χ1n) is 8.70. The second kappa shape index (κ2) is 7.10. The largest absolute Gasteiger partial charge is 0.355 e. The fourth-order valence-electron chi connectivity index (χ4n) is 3.43. The quantitative estimate of drug-likeness (QED) is 0.741. The molecule has 1 atom stereocenters. The highest BCUT2D eigenvalue weighted by molar-refractivity contribution is 9.10. The van der Waals surface area contributed by atoms with E-state index in [2.05, 4.69) is 55.3 Å². The fraction of sp³-hybridized carbons (Fsp3) is 0.556. The number of likely N-dealkylation sites (tertiary alicyclic amines) is 1. The summed E-state index contributed by atoms with van der Waals surface area (Å²) in [6, 6.07) is 4.83. The lowest BCUT2D eigenvalue weighted by Gasteiger charge is -2.38. The Morgan fingerprint density at radius 1 is 1.38 bits per heavy atom. The number of nitrogens with zero attached hydrogens (tertiary/aromatic N) is 4. The van der Waals surface area contributed by atoms with Gasteiger partial charge in [0.1, 0.15) is 11.6 Å². The van der Waals surface area contributed by atoms with Gasteiger partial charge in [-0.05, 0) is 60.3 Å². The van der Waals surface area contributed by atoms with E-state index < -0.39 is 0 Å². The van der Waals surface area contributed by atoms with Gasteiger partial charge in [-0.15, -0.1) is 11.3 Å². The molecule has 1 aliphatic heterocycles. The number of hydrogen-bond donors (Lipinski definition) is 0. The average Bonchev–Trinajstić information content (AvgIpc) is 3.38. The van der Waals surface area contributed by atoms with Crippen molar-refractivity contribution in [2.45, 2.75) is 44.2 Å². The van der Waals surface area contributed by atoms with Crippen molar-refractivity contribution in [1.29, 1.82) is 0 Å². The van der Waals surface area contributed by atoms with Crippen LogP contribution < -0.4 is 4.90 Å². The van der Waals surface area contributed by atoms with Crippen LogP contribution in [-0.4, -0.2) is 41.0 Å². The molecule has 0 spiro atoms. The Hall–Kier alpha value is -0.980. The number of rotatable bonds is 5. The Bertz CT molecular complexity index is 700. The third-order valence-electron chi connectivity index (χ3n) is 4.99. The van der Waals surface area contributed by atoms with Gasteiger partial charge < -0.3 is 4.90 Å². The second-order valence-corrected chi connectivity index (χ2v) is 8.83. The van der Waals surface area contributed by atoms with Crippen LogP contribution in [0.25, 0.3) is 0 Å². The highest BCUT2D eigenvalue weighted by Gasteiger charge is 2.28. The predicted molar refractivity (Wildman–Crippen MR) is 103 cm³/mol. The topological polar surface area (TPSA) is 32.3 Å². The summed E-state index contributed by atoms with van der Waals surface area (Å²) in [5.74, 6) is 2.73. The maximum Gasteiger partial charge on any atom is 0.133 e. The molecule has 3 heterocycles. The highest BCUT2D eigenvalue weighted by Crippen LogP contribution is 2.38. The van der Waals surface area contributed by atoms with E-state index in [4.69, 9.17) is 4.98 Å². The number of aromatic nitrogens is 2. The normalized spacial score (nSPS) is 21.8. The molecule has 1 aliphatic carbocycles. The van der Waals surface area contributed by atoms with Crippen molar-refractivity contribution < 1.29 is 0 Å². The molecule has 2 fully saturated rings. The lowest BCUT2D eigenvalue weighted by molar-refractivity contribution is 0.200. The molecule has 1 saturated heterocycles. The molecular weight excluding hydrogens is 384 g/mol. The molecule has 1 unspecified atom stereocenters. The van der Waals surface area contributed by atoms with Gasteiger partial charge in [-0.3, -0.25) is 4.90 Å². The van der Waals surface area contributed by atoms with Gasteiger partial charge in [0, 0.05) is 53.0 Å².